The molecule has 0 aliphatic heterocycles. The van der Waals surface area contributed by atoms with Gasteiger partial charge in [-0.25, -0.2) is 4.79 Å². The number of nitrogens with one attached hydrogen (secondary N) is 2. The third-order valence-corrected chi connectivity index (χ3v) is 5.70. The number of anilines is 1. The van der Waals surface area contributed by atoms with E-state index in [1.807, 2.05) is 36.4 Å². The molecule has 4 rings (SSSR count). The molecule has 168 valence electrons. The number of urea groups is 1. The van der Waals surface area contributed by atoms with E-state index in [1.54, 1.807) is 12.4 Å². The molecule has 0 unspecified atom stereocenters. The average Bonchev–Trinajstić information content (AvgIpc) is 3.20. The first-order chi connectivity index (χ1) is 15.7. The van der Waals surface area contributed by atoms with Crippen LogP contribution in [0.15, 0.2) is 48.8 Å². The third kappa shape index (κ3) is 5.46. The fourth-order valence-corrected chi connectivity index (χ4v) is 4.02. The van der Waals surface area contributed by atoms with Gasteiger partial charge < -0.3 is 15.4 Å². The number of benzene rings is 1. The van der Waals surface area contributed by atoms with Crippen LogP contribution in [0.25, 0.3) is 11.3 Å². The molecule has 3 aromatic rings. The number of fused-ring (bicyclic) bond motifs is 1. The highest BCUT2D eigenvalue weighted by atomic mass is 16.5. The lowest BCUT2D eigenvalue weighted by Gasteiger charge is -2.14. The van der Waals surface area contributed by atoms with Gasteiger partial charge in [0.25, 0.3) is 0 Å². The number of pyridine rings is 1. The largest absolute Gasteiger partial charge is 0.494 e. The summed E-state index contributed by atoms with van der Waals surface area (Å²) in [6.07, 6.45) is 10.2. The van der Waals surface area contributed by atoms with E-state index in [0.29, 0.717) is 19.7 Å². The number of hydrogen-bond donors (Lipinski definition) is 2. The molecule has 2 amide bonds. The lowest BCUT2D eigenvalue weighted by molar-refractivity contribution is 0.251. The number of hydrogen-bond acceptors (Lipinski definition) is 4. The maximum absolute atomic E-state index is 12.3. The minimum Gasteiger partial charge on any atom is -0.494 e. The van der Waals surface area contributed by atoms with Crippen LogP contribution in [-0.2, 0) is 19.4 Å². The summed E-state index contributed by atoms with van der Waals surface area (Å²) in [5.41, 5.74) is 5.52. The molecule has 0 atom stereocenters. The fraction of sp³-hybridized carbons (Fsp3) is 0.400. The van der Waals surface area contributed by atoms with Gasteiger partial charge in [0.15, 0.2) is 0 Å². The second-order valence-electron chi connectivity index (χ2n) is 8.05. The highest BCUT2D eigenvalue weighted by Crippen LogP contribution is 2.30. The Morgan fingerprint density at radius 2 is 1.88 bits per heavy atom. The first kappa shape index (κ1) is 21.9. The minimum absolute atomic E-state index is 0.222. The second-order valence-corrected chi connectivity index (χ2v) is 8.05. The lowest BCUT2D eigenvalue weighted by atomic mass is 9.94. The summed E-state index contributed by atoms with van der Waals surface area (Å²) in [7, 11) is 0. The van der Waals surface area contributed by atoms with Crippen LogP contribution in [0.2, 0.25) is 0 Å². The van der Waals surface area contributed by atoms with Crippen LogP contribution in [0.3, 0.4) is 0 Å². The third-order valence-electron chi connectivity index (χ3n) is 5.70. The van der Waals surface area contributed by atoms with Crippen LogP contribution >= 0.6 is 0 Å². The van der Waals surface area contributed by atoms with Crippen molar-refractivity contribution in [3.8, 4) is 17.0 Å². The van der Waals surface area contributed by atoms with Crippen molar-refractivity contribution >= 4 is 11.7 Å². The topological polar surface area (TPSA) is 81.1 Å². The van der Waals surface area contributed by atoms with Crippen molar-refractivity contribution in [3.63, 3.8) is 0 Å². The molecule has 1 aromatic carbocycles. The quantitative estimate of drug-likeness (QED) is 0.474. The molecule has 7 heteroatoms. The molecule has 2 N–H and O–H groups in total. The second kappa shape index (κ2) is 10.8. The molecule has 0 fully saturated rings. The molecule has 0 spiro atoms. The number of carbonyl (C=O) groups excluding carboxylic acids is 1. The van der Waals surface area contributed by atoms with Crippen molar-refractivity contribution in [2.45, 2.75) is 52.0 Å². The summed E-state index contributed by atoms with van der Waals surface area (Å²) in [6.45, 7) is 4.00. The van der Waals surface area contributed by atoms with Gasteiger partial charge in [-0.3, -0.25) is 9.67 Å². The van der Waals surface area contributed by atoms with Crippen LogP contribution in [0.1, 0.15) is 43.9 Å². The van der Waals surface area contributed by atoms with Crippen LogP contribution in [0, 0.1) is 0 Å². The SMILES string of the molecule is CCCCOc1ccc(NC(=O)NCCn2nc(-c3ccncc3)c3c2CCCC3)cc1. The van der Waals surface area contributed by atoms with Crippen molar-refractivity contribution in [1.29, 1.82) is 0 Å². The minimum atomic E-state index is -0.222. The van der Waals surface area contributed by atoms with Gasteiger partial charge in [0.2, 0.25) is 0 Å². The molecule has 1 aliphatic carbocycles. The van der Waals surface area contributed by atoms with E-state index in [9.17, 15) is 4.79 Å². The Hall–Kier alpha value is -3.35. The predicted octanol–water partition coefficient (Wildman–Crippen LogP) is 4.82. The Balaban J connectivity index is 1.31. The van der Waals surface area contributed by atoms with Gasteiger partial charge in [-0.15, -0.1) is 0 Å². The summed E-state index contributed by atoms with van der Waals surface area (Å²) in [6, 6.07) is 11.3. The van der Waals surface area contributed by atoms with Crippen LogP contribution in [0.4, 0.5) is 10.5 Å². The van der Waals surface area contributed by atoms with E-state index in [2.05, 4.69) is 27.2 Å². The number of carbonyl (C=O) groups is 1. The van der Waals surface area contributed by atoms with E-state index in [1.165, 1.54) is 24.1 Å². The summed E-state index contributed by atoms with van der Waals surface area (Å²) >= 11 is 0. The number of unbranched alkanes of at least 4 members (excludes halogenated alkanes) is 1. The molecule has 32 heavy (non-hydrogen) atoms. The maximum Gasteiger partial charge on any atom is 0.319 e. The van der Waals surface area contributed by atoms with Crippen molar-refractivity contribution in [2.75, 3.05) is 18.5 Å². The van der Waals surface area contributed by atoms with Gasteiger partial charge in [-0.1, -0.05) is 13.3 Å². The molecule has 0 bridgehead atoms. The molecule has 0 saturated carbocycles. The molecule has 0 saturated heterocycles. The first-order valence-corrected chi connectivity index (χ1v) is 11.5. The molecule has 2 heterocycles. The Morgan fingerprint density at radius 3 is 2.66 bits per heavy atom. The number of nitrogens with zero attached hydrogens (tertiary/aromatic N) is 3. The summed E-state index contributed by atoms with van der Waals surface area (Å²) < 4.78 is 7.72. The molecule has 0 radical (unpaired) electrons. The number of rotatable bonds is 9. The van der Waals surface area contributed by atoms with Crippen molar-refractivity contribution in [2.24, 2.45) is 0 Å². The van der Waals surface area contributed by atoms with Crippen molar-refractivity contribution in [1.82, 2.24) is 20.1 Å². The zero-order valence-corrected chi connectivity index (χ0v) is 18.6. The van der Waals surface area contributed by atoms with Crippen molar-refractivity contribution in [3.05, 3.63) is 60.0 Å². The molecule has 7 nitrogen and oxygen atoms in total. The Morgan fingerprint density at radius 1 is 1.09 bits per heavy atom. The monoisotopic (exact) mass is 433 g/mol. The van der Waals surface area contributed by atoms with Gasteiger partial charge in [-0.2, -0.15) is 5.10 Å². The first-order valence-electron chi connectivity index (χ1n) is 11.5. The number of ether oxygens (including phenoxy) is 1. The van der Waals surface area contributed by atoms with E-state index >= 15 is 0 Å². The summed E-state index contributed by atoms with van der Waals surface area (Å²) in [5.74, 6) is 0.817. The molecular weight excluding hydrogens is 402 g/mol. The van der Waals surface area contributed by atoms with Crippen LogP contribution in [-0.4, -0.2) is 33.9 Å². The fourth-order valence-electron chi connectivity index (χ4n) is 4.02. The van der Waals surface area contributed by atoms with E-state index < -0.39 is 0 Å². The standard InChI is InChI=1S/C25H31N5O2/c1-2-3-18-32-21-10-8-20(9-11-21)28-25(31)27-16-17-30-23-7-5-4-6-22(23)24(29-30)19-12-14-26-15-13-19/h8-15H,2-7,16-18H2,1H3,(H2,27,28,31). The van der Waals surface area contributed by atoms with Gasteiger partial charge in [-0.05, 0) is 68.5 Å². The van der Waals surface area contributed by atoms with E-state index in [-0.39, 0.29) is 6.03 Å². The zero-order valence-electron chi connectivity index (χ0n) is 18.6. The average molecular weight is 434 g/mol. The Labute approximate surface area is 189 Å². The molecular formula is C25H31N5O2. The lowest BCUT2D eigenvalue weighted by Crippen LogP contribution is -2.32. The summed E-state index contributed by atoms with van der Waals surface area (Å²) in [5, 5.41) is 10.7. The van der Waals surface area contributed by atoms with Crippen LogP contribution < -0.4 is 15.4 Å². The number of aromatic nitrogens is 3. The number of amides is 2. The Bertz CT molecular complexity index is 1010. The Kier molecular flexibility index (Phi) is 7.38. The van der Waals surface area contributed by atoms with E-state index in [4.69, 9.17) is 9.84 Å². The van der Waals surface area contributed by atoms with Gasteiger partial charge in [0.05, 0.1) is 18.8 Å². The predicted molar refractivity (Wildman–Crippen MR) is 126 cm³/mol. The highest BCUT2D eigenvalue weighted by Gasteiger charge is 2.21. The van der Waals surface area contributed by atoms with E-state index in [0.717, 1.165) is 48.4 Å². The van der Waals surface area contributed by atoms with Crippen LogP contribution in [0.5, 0.6) is 5.75 Å². The van der Waals surface area contributed by atoms with Gasteiger partial charge in [0, 0.05) is 41.4 Å². The highest BCUT2D eigenvalue weighted by molar-refractivity contribution is 5.89. The van der Waals surface area contributed by atoms with Gasteiger partial charge in [0.1, 0.15) is 5.75 Å². The normalized spacial score (nSPS) is 12.8. The van der Waals surface area contributed by atoms with Crippen molar-refractivity contribution < 1.29 is 9.53 Å². The molecule has 1 aliphatic rings. The van der Waals surface area contributed by atoms with Gasteiger partial charge >= 0.3 is 6.03 Å². The molecule has 2 aromatic heterocycles. The maximum atomic E-state index is 12.3. The summed E-state index contributed by atoms with van der Waals surface area (Å²) in [4.78, 5) is 16.4. The zero-order chi connectivity index (χ0) is 22.2. The smallest absolute Gasteiger partial charge is 0.319 e.